The molecule has 4 heterocycles. The van der Waals surface area contributed by atoms with E-state index in [-0.39, 0.29) is 30.9 Å². The molecule has 0 radical (unpaired) electrons. The van der Waals surface area contributed by atoms with Crippen LogP contribution in [0.4, 0.5) is 0 Å². The molecular formula is C30H27BrN2O7. The molecule has 0 spiro atoms. The van der Waals surface area contributed by atoms with Gasteiger partial charge in [0.05, 0.1) is 17.7 Å². The Kier molecular flexibility index (Phi) is 6.63. The number of benzene rings is 3. The summed E-state index contributed by atoms with van der Waals surface area (Å²) in [5.41, 5.74) is 3.89. The Morgan fingerprint density at radius 1 is 0.875 bits per heavy atom. The minimum absolute atomic E-state index is 0.121. The minimum atomic E-state index is -0.217. The fourth-order valence-electron chi connectivity index (χ4n) is 5.53. The lowest BCUT2D eigenvalue weighted by Crippen LogP contribution is -2.45. The molecule has 0 aliphatic carbocycles. The molecule has 0 aromatic heterocycles. The Morgan fingerprint density at radius 2 is 1.68 bits per heavy atom. The Bertz CT molecular complexity index is 1530. The highest BCUT2D eigenvalue weighted by atomic mass is 79.9. The molecule has 0 atom stereocenters. The van der Waals surface area contributed by atoms with Crippen LogP contribution in [0.2, 0.25) is 0 Å². The van der Waals surface area contributed by atoms with Gasteiger partial charge < -0.3 is 28.8 Å². The van der Waals surface area contributed by atoms with Crippen molar-refractivity contribution in [3.8, 4) is 28.7 Å². The van der Waals surface area contributed by atoms with E-state index in [1.807, 2.05) is 24.3 Å². The number of allylic oxidation sites excluding steroid dienone is 1. The quantitative estimate of drug-likeness (QED) is 0.416. The average molecular weight is 607 g/mol. The first kappa shape index (κ1) is 25.4. The lowest BCUT2D eigenvalue weighted by molar-refractivity contribution is -0.0165. The number of phenolic OH excluding ortho intramolecular Hbond substituents is 1. The van der Waals surface area contributed by atoms with Crippen molar-refractivity contribution in [1.29, 1.82) is 0 Å². The van der Waals surface area contributed by atoms with Gasteiger partial charge in [-0.1, -0.05) is 22.0 Å². The normalized spacial score (nSPS) is 19.3. The van der Waals surface area contributed by atoms with E-state index >= 15 is 0 Å². The Morgan fingerprint density at radius 3 is 2.52 bits per heavy atom. The number of phenols is 1. The molecule has 1 fully saturated rings. The molecule has 3 aromatic rings. The van der Waals surface area contributed by atoms with Gasteiger partial charge in [-0.25, -0.2) is 0 Å². The molecule has 0 amide bonds. The zero-order valence-electron chi connectivity index (χ0n) is 21.7. The summed E-state index contributed by atoms with van der Waals surface area (Å²) in [6, 6.07) is 13.1. The molecule has 1 saturated heterocycles. The molecule has 40 heavy (non-hydrogen) atoms. The number of carbonyl (C=O) groups is 1. The summed E-state index contributed by atoms with van der Waals surface area (Å²) < 4.78 is 29.0. The second-order valence-corrected chi connectivity index (χ2v) is 11.1. The van der Waals surface area contributed by atoms with Crippen LogP contribution in [0.15, 0.2) is 52.7 Å². The van der Waals surface area contributed by atoms with E-state index in [0.717, 1.165) is 59.8 Å². The van der Waals surface area contributed by atoms with Crippen molar-refractivity contribution in [2.45, 2.75) is 19.7 Å². The van der Waals surface area contributed by atoms with Crippen LogP contribution >= 0.6 is 15.9 Å². The third-order valence-electron chi connectivity index (χ3n) is 7.60. The fourth-order valence-corrected chi connectivity index (χ4v) is 6.06. The van der Waals surface area contributed by atoms with Crippen LogP contribution in [0, 0.1) is 0 Å². The molecule has 10 heteroatoms. The summed E-state index contributed by atoms with van der Waals surface area (Å²) in [6.45, 7) is 5.60. The smallest absolute Gasteiger partial charge is 0.231 e. The summed E-state index contributed by atoms with van der Waals surface area (Å²) in [5, 5.41) is 10.8. The fraction of sp³-hybridized carbons (Fsp3) is 0.300. The van der Waals surface area contributed by atoms with E-state index in [4.69, 9.17) is 23.7 Å². The van der Waals surface area contributed by atoms with Crippen molar-refractivity contribution < 1.29 is 33.6 Å². The van der Waals surface area contributed by atoms with Crippen molar-refractivity contribution in [3.63, 3.8) is 0 Å². The first-order valence-corrected chi connectivity index (χ1v) is 14.0. The maximum Gasteiger partial charge on any atom is 0.231 e. The second-order valence-electron chi connectivity index (χ2n) is 10.2. The third-order valence-corrected chi connectivity index (χ3v) is 8.05. The standard InChI is InChI=1S/C30H27BrN2O7/c31-21-10-19(29-20(11-21)15-36-16-39-29)12-27-28(35)22-2-3-24(34)23(30(22)40-27)14-33-7-5-32(6-8-33)13-18-1-4-25-26(9-18)38-17-37-25/h1-4,9-12,34H,5-8,13-17H2/b27-12-. The molecular weight excluding hydrogens is 580 g/mol. The molecule has 206 valence electrons. The van der Waals surface area contributed by atoms with Crippen molar-refractivity contribution >= 4 is 27.8 Å². The number of nitrogens with zero attached hydrogens (tertiary/aromatic N) is 2. The molecule has 1 N–H and O–H groups in total. The summed E-state index contributed by atoms with van der Waals surface area (Å²) in [4.78, 5) is 18.0. The number of Topliss-reactive ketones (excluding diaryl/α,β-unsaturated/α-hetero) is 1. The number of carbonyl (C=O) groups excluding carboxylic acids is 1. The number of hydrogen-bond acceptors (Lipinski definition) is 9. The van der Waals surface area contributed by atoms with Gasteiger partial charge in [0.25, 0.3) is 0 Å². The molecule has 4 aliphatic rings. The molecule has 3 aromatic carbocycles. The number of ether oxygens (including phenoxy) is 5. The van der Waals surface area contributed by atoms with E-state index in [1.165, 1.54) is 5.56 Å². The van der Waals surface area contributed by atoms with Crippen LogP contribution in [0.5, 0.6) is 28.7 Å². The summed E-state index contributed by atoms with van der Waals surface area (Å²) in [5.74, 6) is 2.80. The van der Waals surface area contributed by atoms with Gasteiger partial charge in [-0.15, -0.1) is 0 Å². The van der Waals surface area contributed by atoms with Gasteiger partial charge in [0.2, 0.25) is 12.6 Å². The topological polar surface area (TPSA) is 89.9 Å². The lowest BCUT2D eigenvalue weighted by atomic mass is 10.0. The predicted molar refractivity (Wildman–Crippen MR) is 149 cm³/mol. The van der Waals surface area contributed by atoms with Gasteiger partial charge in [0.1, 0.15) is 17.2 Å². The highest BCUT2D eigenvalue weighted by Crippen LogP contribution is 2.42. The third kappa shape index (κ3) is 4.81. The molecule has 7 rings (SSSR count). The van der Waals surface area contributed by atoms with Crippen molar-refractivity contribution in [1.82, 2.24) is 9.80 Å². The predicted octanol–water partition coefficient (Wildman–Crippen LogP) is 4.68. The lowest BCUT2D eigenvalue weighted by Gasteiger charge is -2.35. The average Bonchev–Trinajstić information content (AvgIpc) is 3.55. The van der Waals surface area contributed by atoms with E-state index in [9.17, 15) is 9.90 Å². The number of ketones is 1. The summed E-state index contributed by atoms with van der Waals surface area (Å²) in [6.07, 6.45) is 1.70. The van der Waals surface area contributed by atoms with Crippen molar-refractivity contribution in [3.05, 3.63) is 80.5 Å². The van der Waals surface area contributed by atoms with Gasteiger partial charge in [0, 0.05) is 54.9 Å². The maximum atomic E-state index is 13.3. The minimum Gasteiger partial charge on any atom is -0.507 e. The van der Waals surface area contributed by atoms with Gasteiger partial charge >= 0.3 is 0 Å². The number of fused-ring (bicyclic) bond motifs is 3. The van der Waals surface area contributed by atoms with Gasteiger partial charge in [-0.3, -0.25) is 14.6 Å². The van der Waals surface area contributed by atoms with Crippen LogP contribution in [0.3, 0.4) is 0 Å². The van der Waals surface area contributed by atoms with E-state index < -0.39 is 0 Å². The highest BCUT2D eigenvalue weighted by molar-refractivity contribution is 9.10. The Hall–Kier alpha value is -3.57. The monoisotopic (exact) mass is 606 g/mol. The SMILES string of the molecule is O=C1/C(=C/c2cc(Br)cc3c2OCOC3)Oc2c1ccc(O)c2CN1CCN(Cc2ccc3c(c2)OCO3)CC1. The summed E-state index contributed by atoms with van der Waals surface area (Å²) >= 11 is 3.53. The molecule has 4 aliphatic heterocycles. The van der Waals surface area contributed by atoms with Crippen LogP contribution < -0.4 is 18.9 Å². The largest absolute Gasteiger partial charge is 0.507 e. The first-order chi connectivity index (χ1) is 19.5. The number of hydrogen-bond donors (Lipinski definition) is 1. The number of halogens is 1. The molecule has 0 unspecified atom stereocenters. The van der Waals surface area contributed by atoms with Gasteiger partial charge in [-0.05, 0) is 48.0 Å². The summed E-state index contributed by atoms with van der Waals surface area (Å²) in [7, 11) is 0. The number of piperazine rings is 1. The number of rotatable bonds is 5. The highest BCUT2D eigenvalue weighted by Gasteiger charge is 2.33. The van der Waals surface area contributed by atoms with E-state index in [1.54, 1.807) is 18.2 Å². The van der Waals surface area contributed by atoms with Crippen LogP contribution in [-0.4, -0.2) is 60.5 Å². The zero-order chi connectivity index (χ0) is 27.2. The van der Waals surface area contributed by atoms with E-state index in [0.29, 0.717) is 35.8 Å². The maximum absolute atomic E-state index is 13.3. The first-order valence-electron chi connectivity index (χ1n) is 13.2. The molecule has 0 bridgehead atoms. The van der Waals surface area contributed by atoms with Crippen LogP contribution in [-0.2, 0) is 24.4 Å². The van der Waals surface area contributed by atoms with Crippen molar-refractivity contribution in [2.24, 2.45) is 0 Å². The van der Waals surface area contributed by atoms with Gasteiger partial charge in [0.15, 0.2) is 24.1 Å². The van der Waals surface area contributed by atoms with E-state index in [2.05, 4.69) is 31.8 Å². The number of aromatic hydroxyl groups is 1. The second kappa shape index (κ2) is 10.4. The Balaban J connectivity index is 1.06. The van der Waals surface area contributed by atoms with Crippen LogP contribution in [0.25, 0.3) is 6.08 Å². The zero-order valence-corrected chi connectivity index (χ0v) is 23.2. The van der Waals surface area contributed by atoms with Crippen LogP contribution in [0.1, 0.15) is 32.6 Å². The van der Waals surface area contributed by atoms with Crippen molar-refractivity contribution in [2.75, 3.05) is 39.8 Å². The molecule has 0 saturated carbocycles. The Labute approximate surface area is 239 Å². The van der Waals surface area contributed by atoms with Gasteiger partial charge in [-0.2, -0.15) is 0 Å². The molecule has 9 nitrogen and oxygen atoms in total.